The minimum absolute atomic E-state index is 0. The number of benzene rings is 4. The van der Waals surface area contributed by atoms with Crippen molar-refractivity contribution in [1.82, 2.24) is 15.0 Å². The summed E-state index contributed by atoms with van der Waals surface area (Å²) in [7, 11) is 0. The van der Waals surface area contributed by atoms with Gasteiger partial charge in [-0.05, 0) is 11.8 Å². The third-order valence-electron chi connectivity index (χ3n) is 7.78. The average molecular weight is 811 g/mol. The van der Waals surface area contributed by atoms with Crippen LogP contribution in [0.3, 0.4) is 0 Å². The van der Waals surface area contributed by atoms with E-state index in [2.05, 4.69) is 115 Å². The van der Waals surface area contributed by atoms with E-state index in [4.69, 9.17) is 9.97 Å². The molecule has 3 nitrogen and oxygen atoms in total. The Morgan fingerprint density at radius 3 is 2.00 bits per heavy atom. The van der Waals surface area contributed by atoms with Crippen molar-refractivity contribution in [3.8, 4) is 22.5 Å². The van der Waals surface area contributed by atoms with Gasteiger partial charge in [0, 0.05) is 26.3 Å². The largest absolute Gasteiger partial charge is 0.305 e. The number of hydrogen-bond acceptors (Lipinski definition) is 3. The summed E-state index contributed by atoms with van der Waals surface area (Å²) in [5, 5.41) is 6.06. The second-order valence-corrected chi connectivity index (χ2v) is 22.8. The Morgan fingerprint density at radius 2 is 1.36 bits per heavy atom. The van der Waals surface area contributed by atoms with Gasteiger partial charge in [0.25, 0.3) is 0 Å². The predicted octanol–water partition coefficient (Wildman–Crippen LogP) is 9.62. The Kier molecular flexibility index (Phi) is 9.75. The van der Waals surface area contributed by atoms with Gasteiger partial charge in [0.15, 0.2) is 0 Å². The van der Waals surface area contributed by atoms with Crippen molar-refractivity contribution in [2.45, 2.75) is 37.0 Å². The number of rotatable bonds is 4. The predicted molar refractivity (Wildman–Crippen MR) is 184 cm³/mol. The quantitative estimate of drug-likeness (QED) is 0.101. The summed E-state index contributed by atoms with van der Waals surface area (Å²) in [5.41, 5.74) is 6.19. The molecule has 0 aliphatic carbocycles. The number of nitrogens with zero attached hydrogens (tertiary/aromatic N) is 3. The fraction of sp³-hybridized carbons (Fsp3) is 0.154. The van der Waals surface area contributed by atoms with Crippen LogP contribution in [0.4, 0.5) is 0 Å². The normalized spacial score (nSPS) is 11.3. The van der Waals surface area contributed by atoms with Crippen LogP contribution in [0.15, 0.2) is 116 Å². The van der Waals surface area contributed by atoms with Crippen molar-refractivity contribution in [3.05, 3.63) is 133 Å². The molecule has 7 rings (SSSR count). The number of aromatic nitrogens is 3. The van der Waals surface area contributed by atoms with Crippen molar-refractivity contribution < 1.29 is 20.1 Å². The van der Waals surface area contributed by atoms with Crippen LogP contribution in [0.25, 0.3) is 55.0 Å². The molecule has 0 bridgehead atoms. The van der Waals surface area contributed by atoms with Crippen molar-refractivity contribution in [2.75, 3.05) is 0 Å². The third-order valence-corrected chi connectivity index (χ3v) is 12.0. The molecule has 3 aromatic heterocycles. The molecule has 0 atom stereocenters. The van der Waals surface area contributed by atoms with Gasteiger partial charge in [-0.2, -0.15) is 0 Å². The van der Waals surface area contributed by atoms with Crippen LogP contribution >= 0.6 is 0 Å². The Bertz CT molecular complexity index is 1980. The van der Waals surface area contributed by atoms with Gasteiger partial charge in [-0.3, -0.25) is 0 Å². The number of pyridine rings is 3. The molecule has 221 valence electrons. The number of fused-ring (bicyclic) bond motifs is 6. The Balaban J connectivity index is 0.000000248. The first-order valence-corrected chi connectivity index (χ1v) is 22.2. The fourth-order valence-corrected chi connectivity index (χ4v) is 7.47. The van der Waals surface area contributed by atoms with Crippen LogP contribution in [0.5, 0.6) is 0 Å². The van der Waals surface area contributed by atoms with E-state index in [1.807, 2.05) is 42.5 Å². The first kappa shape index (κ1) is 31.7. The van der Waals surface area contributed by atoms with Crippen molar-refractivity contribution >= 4 is 50.1 Å². The van der Waals surface area contributed by atoms with Crippen LogP contribution in [0.1, 0.15) is 25.5 Å². The summed E-state index contributed by atoms with van der Waals surface area (Å²) in [6, 6.07) is 42.1. The molecule has 5 heteroatoms. The van der Waals surface area contributed by atoms with Crippen molar-refractivity contribution in [1.29, 1.82) is 0 Å². The van der Waals surface area contributed by atoms with Crippen LogP contribution < -0.4 is 4.40 Å². The average Bonchev–Trinajstić information content (AvgIpc) is 3.05. The molecule has 44 heavy (non-hydrogen) atoms. The molecule has 0 N–H and O–H groups in total. The molecule has 0 unspecified atom stereocenters. The zero-order valence-electron chi connectivity index (χ0n) is 25.7. The summed E-state index contributed by atoms with van der Waals surface area (Å²) in [4.78, 5) is 14.1. The Hall–Kier alpha value is -3.70. The van der Waals surface area contributed by atoms with Crippen LogP contribution in [-0.4, -0.2) is 28.2 Å². The maximum absolute atomic E-state index is 5.11. The van der Waals surface area contributed by atoms with Gasteiger partial charge >= 0.3 is 187 Å². The van der Waals surface area contributed by atoms with E-state index in [1.165, 1.54) is 31.3 Å². The van der Waals surface area contributed by atoms with Gasteiger partial charge in [-0.25, -0.2) is 0 Å². The maximum Gasteiger partial charge on any atom is 0.0160 e. The van der Waals surface area contributed by atoms with E-state index < -0.39 is 13.3 Å². The molecule has 4 aromatic carbocycles. The van der Waals surface area contributed by atoms with Crippen LogP contribution in [-0.2, 0) is 20.1 Å². The van der Waals surface area contributed by atoms with Crippen molar-refractivity contribution in [3.63, 3.8) is 0 Å². The van der Waals surface area contributed by atoms with E-state index in [0.717, 1.165) is 33.7 Å². The molecular formula is C39H35GeIrN3-2. The third kappa shape index (κ3) is 6.68. The molecule has 0 fully saturated rings. The number of hydrogen-bond donors (Lipinski definition) is 0. The molecule has 3 heterocycles. The summed E-state index contributed by atoms with van der Waals surface area (Å²) in [6.07, 6.45) is 3.86. The molecule has 7 aromatic rings. The first-order valence-electron chi connectivity index (χ1n) is 14.8. The summed E-state index contributed by atoms with van der Waals surface area (Å²) in [5.74, 6) is 7.58. The first-order chi connectivity index (χ1) is 20.8. The van der Waals surface area contributed by atoms with E-state index in [-0.39, 0.29) is 20.1 Å². The second kappa shape index (κ2) is 13.5. The zero-order chi connectivity index (χ0) is 30.0. The molecule has 0 aliphatic heterocycles. The Labute approximate surface area is 276 Å². The van der Waals surface area contributed by atoms with E-state index in [9.17, 15) is 0 Å². The summed E-state index contributed by atoms with van der Waals surface area (Å²) >= 11 is -1.88. The molecule has 0 aliphatic rings. The van der Waals surface area contributed by atoms with Gasteiger partial charge in [0.05, 0.1) is 0 Å². The smallest absolute Gasteiger partial charge is 0.0160 e. The van der Waals surface area contributed by atoms with E-state index in [1.54, 1.807) is 6.20 Å². The van der Waals surface area contributed by atoms with E-state index >= 15 is 0 Å². The molecule has 0 spiro atoms. The molecule has 0 amide bonds. The zero-order valence-corrected chi connectivity index (χ0v) is 30.2. The summed E-state index contributed by atoms with van der Waals surface area (Å²) < 4.78 is 1.42. The SMILES string of the molecule is CC(C)c1ccc2c3ccccc3c3c[c-]c(-c4cc[c]([Ge]([CH3])([CH3])[CH3])cn4)cc3c2n1.[Ir].[c-]1ccccc1-c1ccccn1. The monoisotopic (exact) mass is 812 g/mol. The molecule has 0 saturated carbocycles. The van der Waals surface area contributed by atoms with Crippen LogP contribution in [0, 0.1) is 12.1 Å². The van der Waals surface area contributed by atoms with Crippen LogP contribution in [0.2, 0.25) is 17.3 Å². The molecule has 1 radical (unpaired) electrons. The van der Waals surface area contributed by atoms with Gasteiger partial charge in [-0.15, -0.1) is 35.9 Å². The van der Waals surface area contributed by atoms with E-state index in [0.29, 0.717) is 5.92 Å². The maximum atomic E-state index is 5.11. The topological polar surface area (TPSA) is 38.7 Å². The Morgan fingerprint density at radius 1 is 0.636 bits per heavy atom. The minimum atomic E-state index is -1.88. The molecule has 0 saturated heterocycles. The van der Waals surface area contributed by atoms with Gasteiger partial charge in [0.2, 0.25) is 0 Å². The second-order valence-electron chi connectivity index (χ2n) is 12.2. The van der Waals surface area contributed by atoms with Crippen molar-refractivity contribution in [2.24, 2.45) is 0 Å². The molecular weight excluding hydrogens is 775 g/mol. The summed E-state index contributed by atoms with van der Waals surface area (Å²) in [6.45, 7) is 4.39. The van der Waals surface area contributed by atoms with Gasteiger partial charge in [-0.1, -0.05) is 12.1 Å². The van der Waals surface area contributed by atoms with Gasteiger partial charge < -0.3 is 4.98 Å². The fourth-order valence-electron chi connectivity index (χ4n) is 5.30. The minimum Gasteiger partial charge on any atom is -0.305 e. The van der Waals surface area contributed by atoms with Gasteiger partial charge in [0.1, 0.15) is 0 Å². The standard InChI is InChI=1S/C28H27GeN2.C11H8N.Ir/c1-18(2)26-15-13-24-22-9-7-6-8-21(22)23-12-10-19(16-25(23)28(24)31-26)27-14-11-20(17-30-27)29(3,4)5;1-2-6-10(7-3-1)11-8-4-5-9-12-11;/h6-9,11-18H,1-5H3;1-6,8-9H;/q2*-1;.